The van der Waals surface area contributed by atoms with Crippen LogP contribution in [0.1, 0.15) is 49.1 Å². The Balaban J connectivity index is 2.57. The first kappa shape index (κ1) is 17.5. The average molecular weight is 323 g/mol. The van der Waals surface area contributed by atoms with Gasteiger partial charge in [0.25, 0.3) is 5.56 Å². The average Bonchev–Trinajstić information content (AvgIpc) is 2.55. The van der Waals surface area contributed by atoms with Crippen molar-refractivity contribution in [1.82, 2.24) is 4.57 Å². The summed E-state index contributed by atoms with van der Waals surface area (Å²) < 4.78 is 1.22. The zero-order valence-electron chi connectivity index (χ0n) is 14.4. The Morgan fingerprint density at radius 1 is 1.33 bits per heavy atom. The molecule has 0 atom stereocenters. The van der Waals surface area contributed by atoms with E-state index >= 15 is 0 Å². The number of aromatic hydroxyl groups is 1. The number of rotatable bonds is 4. The molecule has 2 aromatic rings. The van der Waals surface area contributed by atoms with Crippen LogP contribution in [-0.2, 0) is 6.42 Å². The SMILES string of the molecule is CCc1ccc(N=Cc2c(C)c(C#N)c(=O)n(C(C)C)c2O)cc1. The number of hydrogen-bond donors (Lipinski definition) is 1. The predicted octanol–water partition coefficient (Wildman–Crippen LogP) is 3.63. The van der Waals surface area contributed by atoms with Gasteiger partial charge in [0.2, 0.25) is 5.88 Å². The molecule has 0 aliphatic carbocycles. The number of benzene rings is 1. The van der Waals surface area contributed by atoms with E-state index in [-0.39, 0.29) is 17.5 Å². The Morgan fingerprint density at radius 2 is 1.96 bits per heavy atom. The molecule has 0 saturated carbocycles. The van der Waals surface area contributed by atoms with E-state index in [1.54, 1.807) is 20.8 Å². The second-order valence-corrected chi connectivity index (χ2v) is 5.90. The van der Waals surface area contributed by atoms with Gasteiger partial charge in [-0.1, -0.05) is 19.1 Å². The Labute approximate surface area is 141 Å². The van der Waals surface area contributed by atoms with Crippen molar-refractivity contribution in [2.75, 3.05) is 0 Å². The molecule has 0 unspecified atom stereocenters. The molecule has 0 fully saturated rings. The highest BCUT2D eigenvalue weighted by Gasteiger charge is 2.19. The van der Waals surface area contributed by atoms with Crippen LogP contribution in [0, 0.1) is 18.3 Å². The summed E-state index contributed by atoms with van der Waals surface area (Å²) in [6.07, 6.45) is 2.46. The highest BCUT2D eigenvalue weighted by atomic mass is 16.3. The summed E-state index contributed by atoms with van der Waals surface area (Å²) in [5.74, 6) is -0.166. The molecule has 1 aromatic heterocycles. The Morgan fingerprint density at radius 3 is 2.46 bits per heavy atom. The molecule has 0 saturated heterocycles. The second kappa shape index (κ2) is 7.14. The maximum Gasteiger partial charge on any atom is 0.271 e. The summed E-state index contributed by atoms with van der Waals surface area (Å²) in [7, 11) is 0. The number of nitrogens with zero attached hydrogens (tertiary/aromatic N) is 3. The van der Waals surface area contributed by atoms with Crippen molar-refractivity contribution < 1.29 is 5.11 Å². The third-order valence-corrected chi connectivity index (χ3v) is 4.00. The standard InChI is InChI=1S/C19H21N3O2/c1-5-14-6-8-15(9-7-14)21-11-17-13(4)16(10-20)18(23)22(12(2)3)19(17)24/h6-9,11-12,24H,5H2,1-4H3. The molecule has 0 amide bonds. The zero-order chi connectivity index (χ0) is 17.9. The summed E-state index contributed by atoms with van der Waals surface area (Å²) in [6.45, 7) is 7.29. The fourth-order valence-electron chi connectivity index (χ4n) is 2.53. The minimum atomic E-state index is -0.480. The monoisotopic (exact) mass is 323 g/mol. The lowest BCUT2D eigenvalue weighted by Gasteiger charge is -2.16. The predicted molar refractivity (Wildman–Crippen MR) is 95.3 cm³/mol. The van der Waals surface area contributed by atoms with E-state index in [1.165, 1.54) is 16.3 Å². The van der Waals surface area contributed by atoms with Crippen molar-refractivity contribution in [2.45, 2.75) is 40.2 Å². The molecule has 0 aliphatic heterocycles. The third kappa shape index (κ3) is 3.23. The van der Waals surface area contributed by atoms with Crippen molar-refractivity contribution in [3.63, 3.8) is 0 Å². The zero-order valence-corrected chi connectivity index (χ0v) is 14.4. The lowest BCUT2D eigenvalue weighted by Crippen LogP contribution is -2.26. The minimum Gasteiger partial charge on any atom is -0.494 e. The third-order valence-electron chi connectivity index (χ3n) is 4.00. The summed E-state index contributed by atoms with van der Waals surface area (Å²) >= 11 is 0. The van der Waals surface area contributed by atoms with E-state index in [0.717, 1.165) is 12.1 Å². The smallest absolute Gasteiger partial charge is 0.271 e. The van der Waals surface area contributed by atoms with E-state index in [2.05, 4.69) is 11.9 Å². The van der Waals surface area contributed by atoms with E-state index in [9.17, 15) is 15.2 Å². The number of hydrogen-bond acceptors (Lipinski definition) is 4. The molecule has 0 bridgehead atoms. The van der Waals surface area contributed by atoms with Crippen molar-refractivity contribution in [3.05, 3.63) is 56.9 Å². The van der Waals surface area contributed by atoms with Crippen LogP contribution in [0.15, 0.2) is 34.1 Å². The van der Waals surface area contributed by atoms with Gasteiger partial charge in [-0.25, -0.2) is 0 Å². The first-order valence-electron chi connectivity index (χ1n) is 7.91. The fraction of sp³-hybridized carbons (Fsp3) is 0.316. The highest BCUT2D eigenvalue weighted by Crippen LogP contribution is 2.24. The normalized spacial score (nSPS) is 11.2. The largest absolute Gasteiger partial charge is 0.494 e. The molecule has 2 rings (SSSR count). The van der Waals surface area contributed by atoms with E-state index in [0.29, 0.717) is 11.1 Å². The summed E-state index contributed by atoms with van der Waals surface area (Å²) in [5.41, 5.74) is 2.33. The summed E-state index contributed by atoms with van der Waals surface area (Å²) in [6, 6.07) is 9.45. The van der Waals surface area contributed by atoms with Gasteiger partial charge in [-0.05, 0) is 50.5 Å². The van der Waals surface area contributed by atoms with Gasteiger partial charge in [-0.15, -0.1) is 0 Å². The van der Waals surface area contributed by atoms with Crippen LogP contribution in [0.2, 0.25) is 0 Å². The van der Waals surface area contributed by atoms with Crippen molar-refractivity contribution in [1.29, 1.82) is 5.26 Å². The molecule has 0 spiro atoms. The van der Waals surface area contributed by atoms with Gasteiger partial charge < -0.3 is 5.11 Å². The molecule has 1 N–H and O–H groups in total. The number of aliphatic imine (C=N–C) groups is 1. The topological polar surface area (TPSA) is 78.4 Å². The molecule has 5 nitrogen and oxygen atoms in total. The van der Waals surface area contributed by atoms with Crippen LogP contribution in [0.3, 0.4) is 0 Å². The number of aryl methyl sites for hydroxylation is 1. The Bertz CT molecular complexity index is 869. The van der Waals surface area contributed by atoms with Gasteiger partial charge in [0, 0.05) is 12.3 Å². The molecular weight excluding hydrogens is 302 g/mol. The van der Waals surface area contributed by atoms with Gasteiger partial charge in [0.1, 0.15) is 11.6 Å². The van der Waals surface area contributed by atoms with Crippen LogP contribution in [0.25, 0.3) is 0 Å². The lowest BCUT2D eigenvalue weighted by atomic mass is 10.1. The molecular formula is C19H21N3O2. The summed E-state index contributed by atoms with van der Waals surface area (Å²) in [4.78, 5) is 16.7. The van der Waals surface area contributed by atoms with Crippen LogP contribution in [0.4, 0.5) is 5.69 Å². The van der Waals surface area contributed by atoms with Gasteiger partial charge in [-0.2, -0.15) is 5.26 Å². The quantitative estimate of drug-likeness (QED) is 0.873. The number of pyridine rings is 1. The van der Waals surface area contributed by atoms with E-state index < -0.39 is 5.56 Å². The van der Waals surface area contributed by atoms with Crippen molar-refractivity contribution >= 4 is 11.9 Å². The Hall–Kier alpha value is -2.87. The second-order valence-electron chi connectivity index (χ2n) is 5.90. The van der Waals surface area contributed by atoms with Gasteiger partial charge in [0.05, 0.1) is 11.3 Å². The molecule has 5 heteroatoms. The number of nitriles is 1. The van der Waals surface area contributed by atoms with Gasteiger partial charge in [-0.3, -0.25) is 14.4 Å². The molecule has 1 aromatic carbocycles. The van der Waals surface area contributed by atoms with E-state index in [1.807, 2.05) is 30.3 Å². The molecule has 0 aliphatic rings. The minimum absolute atomic E-state index is 0.0317. The first-order valence-corrected chi connectivity index (χ1v) is 7.91. The Kier molecular flexibility index (Phi) is 5.20. The van der Waals surface area contributed by atoms with Crippen LogP contribution in [-0.4, -0.2) is 15.9 Å². The molecule has 124 valence electrons. The highest BCUT2D eigenvalue weighted by molar-refractivity contribution is 5.87. The van der Waals surface area contributed by atoms with Gasteiger partial charge in [0.15, 0.2) is 0 Å². The van der Waals surface area contributed by atoms with Crippen LogP contribution in [0.5, 0.6) is 5.88 Å². The fourth-order valence-corrected chi connectivity index (χ4v) is 2.53. The molecule has 1 heterocycles. The first-order chi connectivity index (χ1) is 11.4. The summed E-state index contributed by atoms with van der Waals surface area (Å²) in [5, 5.41) is 19.7. The van der Waals surface area contributed by atoms with Crippen LogP contribution < -0.4 is 5.56 Å². The maximum atomic E-state index is 12.3. The van der Waals surface area contributed by atoms with Crippen molar-refractivity contribution in [3.8, 4) is 11.9 Å². The number of aromatic nitrogens is 1. The molecule has 24 heavy (non-hydrogen) atoms. The van der Waals surface area contributed by atoms with Crippen molar-refractivity contribution in [2.24, 2.45) is 4.99 Å². The maximum absolute atomic E-state index is 12.3. The lowest BCUT2D eigenvalue weighted by molar-refractivity contribution is 0.386. The molecule has 0 radical (unpaired) electrons. The van der Waals surface area contributed by atoms with Gasteiger partial charge >= 0.3 is 0 Å². The van der Waals surface area contributed by atoms with E-state index in [4.69, 9.17) is 0 Å². The van der Waals surface area contributed by atoms with Crippen LogP contribution >= 0.6 is 0 Å².